The van der Waals surface area contributed by atoms with Gasteiger partial charge >= 0.3 is 0 Å². The Labute approximate surface area is 136 Å². The van der Waals surface area contributed by atoms with Crippen molar-refractivity contribution in [3.05, 3.63) is 54.4 Å². The summed E-state index contributed by atoms with van der Waals surface area (Å²) >= 11 is 0. The molecule has 4 heteroatoms. The number of ether oxygens (including phenoxy) is 1. The molecule has 1 aliphatic rings. The van der Waals surface area contributed by atoms with Gasteiger partial charge in [0.25, 0.3) is 5.91 Å². The molecule has 1 saturated carbocycles. The number of benzene rings is 1. The van der Waals surface area contributed by atoms with Crippen LogP contribution < -0.4 is 5.32 Å². The molecule has 0 spiro atoms. The van der Waals surface area contributed by atoms with Crippen LogP contribution in [0.4, 0.5) is 0 Å². The van der Waals surface area contributed by atoms with Crippen LogP contribution in [0.5, 0.6) is 0 Å². The molecule has 23 heavy (non-hydrogen) atoms. The number of carbonyl (C=O) groups excluding carboxylic acids is 1. The van der Waals surface area contributed by atoms with Crippen LogP contribution in [0, 0.1) is 0 Å². The van der Waals surface area contributed by atoms with Gasteiger partial charge in [-0.05, 0) is 48.2 Å². The molecule has 120 valence electrons. The fraction of sp³-hybridized carbons (Fsp3) is 0.368. The predicted molar refractivity (Wildman–Crippen MR) is 90.2 cm³/mol. The van der Waals surface area contributed by atoms with Crippen molar-refractivity contribution in [2.24, 2.45) is 0 Å². The van der Waals surface area contributed by atoms with Gasteiger partial charge in [-0.2, -0.15) is 0 Å². The van der Waals surface area contributed by atoms with E-state index < -0.39 is 0 Å². The molecule has 0 radical (unpaired) electrons. The normalized spacial score (nSPS) is 16.2. The summed E-state index contributed by atoms with van der Waals surface area (Å²) in [6.45, 7) is 0.572. The number of amides is 1. The van der Waals surface area contributed by atoms with E-state index in [4.69, 9.17) is 4.74 Å². The first-order valence-corrected chi connectivity index (χ1v) is 8.04. The second-order valence-electron chi connectivity index (χ2n) is 6.19. The molecule has 0 saturated heterocycles. The van der Waals surface area contributed by atoms with Gasteiger partial charge in [0.05, 0.1) is 12.1 Å². The number of rotatable bonds is 5. The highest BCUT2D eigenvalue weighted by Crippen LogP contribution is 2.30. The molecule has 0 bridgehead atoms. The molecule has 1 aromatic carbocycles. The number of carbonyl (C=O) groups is 1. The zero-order valence-electron chi connectivity index (χ0n) is 13.4. The van der Waals surface area contributed by atoms with E-state index in [0.29, 0.717) is 12.2 Å². The highest BCUT2D eigenvalue weighted by Gasteiger charge is 2.35. The first-order valence-electron chi connectivity index (χ1n) is 8.04. The number of hydrogen-bond acceptors (Lipinski definition) is 3. The van der Waals surface area contributed by atoms with Crippen molar-refractivity contribution < 1.29 is 9.53 Å². The molecule has 1 N–H and O–H groups in total. The van der Waals surface area contributed by atoms with E-state index in [1.54, 1.807) is 19.5 Å². The van der Waals surface area contributed by atoms with Crippen molar-refractivity contribution in [2.45, 2.75) is 31.2 Å². The zero-order chi connectivity index (χ0) is 16.1. The predicted octanol–water partition coefficient (Wildman–Crippen LogP) is 3.44. The summed E-state index contributed by atoms with van der Waals surface area (Å²) in [5.74, 6) is -0.0279. The summed E-state index contributed by atoms with van der Waals surface area (Å²) in [5.41, 5.74) is 2.55. The number of hydrogen-bond donors (Lipinski definition) is 1. The number of pyridine rings is 1. The van der Waals surface area contributed by atoms with Crippen LogP contribution in [0.25, 0.3) is 11.1 Å². The van der Waals surface area contributed by atoms with Crippen molar-refractivity contribution in [2.75, 3.05) is 13.7 Å². The van der Waals surface area contributed by atoms with E-state index >= 15 is 0 Å². The summed E-state index contributed by atoms with van der Waals surface area (Å²) in [6.07, 6.45) is 7.76. The highest BCUT2D eigenvalue weighted by atomic mass is 16.5. The Hall–Kier alpha value is -2.20. The average Bonchev–Trinajstić information content (AvgIpc) is 3.04. The molecule has 2 aromatic rings. The molecular weight excluding hydrogens is 288 g/mol. The van der Waals surface area contributed by atoms with E-state index in [1.165, 1.54) is 0 Å². The Bertz CT molecular complexity index is 664. The SMILES string of the molecule is COCC1(NC(=O)c2cccc(-c3ccncc3)c2)CCCC1. The summed E-state index contributed by atoms with van der Waals surface area (Å²) in [7, 11) is 1.69. The summed E-state index contributed by atoms with van der Waals surface area (Å²) < 4.78 is 5.34. The third kappa shape index (κ3) is 3.59. The van der Waals surface area contributed by atoms with E-state index in [-0.39, 0.29) is 11.4 Å². The van der Waals surface area contributed by atoms with Gasteiger partial charge in [0, 0.05) is 25.1 Å². The van der Waals surface area contributed by atoms with Crippen LogP contribution >= 0.6 is 0 Å². The minimum absolute atomic E-state index is 0.0279. The monoisotopic (exact) mass is 310 g/mol. The molecule has 1 aliphatic carbocycles. The quantitative estimate of drug-likeness (QED) is 0.920. The van der Waals surface area contributed by atoms with Crippen molar-refractivity contribution in [1.29, 1.82) is 0 Å². The van der Waals surface area contributed by atoms with E-state index in [1.807, 2.05) is 36.4 Å². The van der Waals surface area contributed by atoms with Gasteiger partial charge < -0.3 is 10.1 Å². The van der Waals surface area contributed by atoms with Crippen LogP contribution in [0.1, 0.15) is 36.0 Å². The van der Waals surface area contributed by atoms with Gasteiger partial charge in [-0.1, -0.05) is 25.0 Å². The van der Waals surface area contributed by atoms with E-state index in [9.17, 15) is 4.79 Å². The summed E-state index contributed by atoms with van der Waals surface area (Å²) in [4.78, 5) is 16.7. The first-order chi connectivity index (χ1) is 11.2. The van der Waals surface area contributed by atoms with Gasteiger partial charge in [-0.25, -0.2) is 0 Å². The standard InChI is InChI=1S/C19H22N2O2/c1-23-14-19(9-2-3-10-19)21-18(22)17-6-4-5-16(13-17)15-7-11-20-12-8-15/h4-8,11-13H,2-3,9-10,14H2,1H3,(H,21,22). The number of aromatic nitrogens is 1. The Kier molecular flexibility index (Phi) is 4.72. The Morgan fingerprint density at radius 3 is 2.61 bits per heavy atom. The van der Waals surface area contributed by atoms with Gasteiger partial charge in [0.2, 0.25) is 0 Å². The van der Waals surface area contributed by atoms with Crippen LogP contribution in [0.2, 0.25) is 0 Å². The highest BCUT2D eigenvalue weighted by molar-refractivity contribution is 5.96. The van der Waals surface area contributed by atoms with Crippen LogP contribution in [-0.4, -0.2) is 30.1 Å². The lowest BCUT2D eigenvalue weighted by molar-refractivity contribution is 0.0767. The van der Waals surface area contributed by atoms with Gasteiger partial charge in [-0.3, -0.25) is 9.78 Å². The lowest BCUT2D eigenvalue weighted by Crippen LogP contribution is -2.49. The fourth-order valence-corrected chi connectivity index (χ4v) is 3.33. The van der Waals surface area contributed by atoms with Crippen LogP contribution in [0.3, 0.4) is 0 Å². The molecular formula is C19H22N2O2. The second-order valence-corrected chi connectivity index (χ2v) is 6.19. The largest absolute Gasteiger partial charge is 0.382 e. The Morgan fingerprint density at radius 1 is 1.17 bits per heavy atom. The van der Waals surface area contributed by atoms with Crippen LogP contribution in [0.15, 0.2) is 48.8 Å². The summed E-state index contributed by atoms with van der Waals surface area (Å²) in [5, 5.41) is 3.21. The molecule has 3 rings (SSSR count). The zero-order valence-corrected chi connectivity index (χ0v) is 13.4. The molecule has 1 fully saturated rings. The topological polar surface area (TPSA) is 51.2 Å². The molecule has 1 aromatic heterocycles. The molecule has 0 aliphatic heterocycles. The van der Waals surface area contributed by atoms with Gasteiger partial charge in [0.1, 0.15) is 0 Å². The fourth-order valence-electron chi connectivity index (χ4n) is 3.33. The lowest BCUT2D eigenvalue weighted by Gasteiger charge is -2.29. The van der Waals surface area contributed by atoms with Gasteiger partial charge in [0.15, 0.2) is 0 Å². The second kappa shape index (κ2) is 6.92. The summed E-state index contributed by atoms with van der Waals surface area (Å²) in [6, 6.07) is 11.6. The van der Waals surface area contributed by atoms with Crippen molar-refractivity contribution in [1.82, 2.24) is 10.3 Å². The van der Waals surface area contributed by atoms with Gasteiger partial charge in [-0.15, -0.1) is 0 Å². The number of nitrogens with one attached hydrogen (secondary N) is 1. The average molecular weight is 310 g/mol. The smallest absolute Gasteiger partial charge is 0.251 e. The first kappa shape index (κ1) is 15.7. The Balaban J connectivity index is 1.80. The lowest BCUT2D eigenvalue weighted by atomic mass is 9.97. The van der Waals surface area contributed by atoms with Crippen molar-refractivity contribution in [3.8, 4) is 11.1 Å². The molecule has 4 nitrogen and oxygen atoms in total. The maximum absolute atomic E-state index is 12.7. The number of methoxy groups -OCH3 is 1. The van der Waals surface area contributed by atoms with Crippen molar-refractivity contribution >= 4 is 5.91 Å². The third-order valence-corrected chi connectivity index (χ3v) is 4.50. The Morgan fingerprint density at radius 2 is 1.91 bits per heavy atom. The van der Waals surface area contributed by atoms with E-state index in [2.05, 4.69) is 10.3 Å². The third-order valence-electron chi connectivity index (χ3n) is 4.50. The maximum atomic E-state index is 12.7. The molecule has 0 atom stereocenters. The van der Waals surface area contributed by atoms with Crippen molar-refractivity contribution in [3.63, 3.8) is 0 Å². The van der Waals surface area contributed by atoms with E-state index in [0.717, 1.165) is 36.8 Å². The molecule has 1 amide bonds. The maximum Gasteiger partial charge on any atom is 0.251 e. The minimum Gasteiger partial charge on any atom is -0.382 e. The van der Waals surface area contributed by atoms with Crippen LogP contribution in [-0.2, 0) is 4.74 Å². The molecule has 1 heterocycles. The minimum atomic E-state index is -0.210. The molecule has 0 unspecified atom stereocenters. The number of nitrogens with zero attached hydrogens (tertiary/aromatic N) is 1.